The molecule has 0 aliphatic carbocycles. The fourth-order valence-corrected chi connectivity index (χ4v) is 3.87. The second-order valence-electron chi connectivity index (χ2n) is 7.21. The normalized spacial score (nSPS) is 12.6. The lowest BCUT2D eigenvalue weighted by Gasteiger charge is -2.17. The van der Waals surface area contributed by atoms with Crippen LogP contribution in [0, 0.1) is 6.92 Å². The first-order valence-corrected chi connectivity index (χ1v) is 10.8. The van der Waals surface area contributed by atoms with Gasteiger partial charge in [0.1, 0.15) is 0 Å². The van der Waals surface area contributed by atoms with Gasteiger partial charge in [-0.1, -0.05) is 60.2 Å². The summed E-state index contributed by atoms with van der Waals surface area (Å²) in [5, 5.41) is 5.62. The average molecular weight is 419 g/mol. The number of benzene rings is 3. The van der Waals surface area contributed by atoms with E-state index in [-0.39, 0.29) is 23.1 Å². The summed E-state index contributed by atoms with van der Waals surface area (Å²) in [4.78, 5) is 26.6. The van der Waals surface area contributed by atoms with Crippen LogP contribution in [0.15, 0.2) is 83.8 Å². The minimum atomic E-state index is -0.299. The zero-order valence-corrected chi connectivity index (χ0v) is 18.2. The Morgan fingerprint density at radius 2 is 1.47 bits per heavy atom. The number of aryl methyl sites for hydroxylation is 1. The highest BCUT2D eigenvalue weighted by Gasteiger charge is 2.19. The number of hydrogen-bond donors (Lipinski definition) is 2. The molecule has 2 N–H and O–H groups in total. The second kappa shape index (κ2) is 10.1. The number of carbonyl (C=O) groups is 2. The Balaban J connectivity index is 1.67. The molecule has 154 valence electrons. The van der Waals surface area contributed by atoms with E-state index in [9.17, 15) is 9.59 Å². The van der Waals surface area contributed by atoms with Gasteiger partial charge in [0.15, 0.2) is 0 Å². The minimum absolute atomic E-state index is 0.140. The summed E-state index contributed by atoms with van der Waals surface area (Å²) in [5.74, 6) is -0.363. The van der Waals surface area contributed by atoms with E-state index >= 15 is 0 Å². The van der Waals surface area contributed by atoms with Gasteiger partial charge in [-0.15, -0.1) is 11.8 Å². The molecule has 5 heteroatoms. The molecule has 0 aromatic heterocycles. The molecule has 3 rings (SSSR count). The van der Waals surface area contributed by atoms with Crippen molar-refractivity contribution in [2.75, 3.05) is 5.32 Å². The number of anilines is 1. The summed E-state index contributed by atoms with van der Waals surface area (Å²) < 4.78 is 0. The van der Waals surface area contributed by atoms with Gasteiger partial charge in [-0.05, 0) is 50.6 Å². The van der Waals surface area contributed by atoms with Gasteiger partial charge in [-0.2, -0.15) is 0 Å². The summed E-state index contributed by atoms with van der Waals surface area (Å²) in [6.07, 6.45) is 0. The number of nitrogens with one attached hydrogen (secondary N) is 2. The summed E-state index contributed by atoms with van der Waals surface area (Å²) >= 11 is 1.49. The van der Waals surface area contributed by atoms with Crippen LogP contribution in [0.2, 0.25) is 0 Å². The van der Waals surface area contributed by atoms with Gasteiger partial charge in [0.25, 0.3) is 5.91 Å². The molecule has 3 aromatic rings. The molecule has 0 radical (unpaired) electrons. The predicted molar refractivity (Wildman–Crippen MR) is 124 cm³/mol. The molecule has 0 unspecified atom stereocenters. The maximum Gasteiger partial charge on any atom is 0.253 e. The second-order valence-corrected chi connectivity index (χ2v) is 8.63. The highest BCUT2D eigenvalue weighted by Crippen LogP contribution is 2.25. The molecular formula is C25H26N2O2S. The van der Waals surface area contributed by atoms with Crippen LogP contribution >= 0.6 is 11.8 Å². The third-order valence-corrected chi connectivity index (χ3v) is 5.89. The van der Waals surface area contributed by atoms with E-state index in [1.807, 2.05) is 81.4 Å². The van der Waals surface area contributed by atoms with Crippen LogP contribution in [0.3, 0.4) is 0 Å². The molecule has 0 saturated heterocycles. The van der Waals surface area contributed by atoms with Crippen molar-refractivity contribution in [3.8, 4) is 0 Å². The monoisotopic (exact) mass is 418 g/mol. The maximum atomic E-state index is 12.9. The van der Waals surface area contributed by atoms with Crippen LogP contribution in [0.5, 0.6) is 0 Å². The maximum absolute atomic E-state index is 12.9. The molecule has 2 amide bonds. The van der Waals surface area contributed by atoms with E-state index in [0.717, 1.165) is 10.5 Å². The third-order valence-electron chi connectivity index (χ3n) is 4.78. The molecule has 4 nitrogen and oxygen atoms in total. The van der Waals surface area contributed by atoms with E-state index in [1.165, 1.54) is 17.3 Å². The lowest BCUT2D eigenvalue weighted by Crippen LogP contribution is -2.29. The minimum Gasteiger partial charge on any atom is -0.345 e. The first-order chi connectivity index (χ1) is 14.4. The predicted octanol–water partition coefficient (Wildman–Crippen LogP) is 5.61. The van der Waals surface area contributed by atoms with E-state index in [2.05, 4.69) is 10.6 Å². The molecule has 30 heavy (non-hydrogen) atoms. The Morgan fingerprint density at radius 1 is 0.833 bits per heavy atom. The molecule has 0 heterocycles. The highest BCUT2D eigenvalue weighted by molar-refractivity contribution is 8.00. The number of carbonyl (C=O) groups excluding carboxylic acids is 2. The Bertz CT molecular complexity index is 1000. The van der Waals surface area contributed by atoms with Gasteiger partial charge in [-0.3, -0.25) is 9.59 Å². The van der Waals surface area contributed by atoms with E-state index in [0.29, 0.717) is 11.3 Å². The van der Waals surface area contributed by atoms with Crippen molar-refractivity contribution in [1.29, 1.82) is 0 Å². The van der Waals surface area contributed by atoms with Crippen LogP contribution < -0.4 is 10.6 Å². The molecule has 0 fully saturated rings. The smallest absolute Gasteiger partial charge is 0.253 e. The lowest BCUT2D eigenvalue weighted by molar-refractivity contribution is -0.115. The third kappa shape index (κ3) is 5.74. The molecule has 0 aliphatic heterocycles. The number of para-hydroxylation sites is 1. The summed E-state index contributed by atoms with van der Waals surface area (Å²) in [6, 6.07) is 24.8. The Morgan fingerprint density at radius 3 is 2.17 bits per heavy atom. The number of amides is 2. The zero-order valence-electron chi connectivity index (χ0n) is 17.4. The molecule has 0 aliphatic rings. The first-order valence-electron chi connectivity index (χ1n) is 9.93. The molecule has 0 saturated carbocycles. The Hall–Kier alpha value is -3.05. The standard InChI is InChI=1S/C25H26N2O2S/c1-17-13-15-21(16-14-17)30-19(3)24(28)27-23-12-8-7-11-22(23)25(29)26-18(2)20-9-5-4-6-10-20/h4-16,18-19H,1-3H3,(H,26,29)(H,27,28)/t18-,19+/m1/s1. The quantitative estimate of drug-likeness (QED) is 0.491. The highest BCUT2D eigenvalue weighted by atomic mass is 32.2. The fraction of sp³-hybridized carbons (Fsp3) is 0.200. The SMILES string of the molecule is Cc1ccc(S[C@@H](C)C(=O)Nc2ccccc2C(=O)N[C@H](C)c2ccccc2)cc1. The Labute approximate surface area is 182 Å². The van der Waals surface area contributed by atoms with Crippen LogP contribution in [-0.2, 0) is 4.79 Å². The van der Waals surface area contributed by atoms with Crippen LogP contribution in [0.25, 0.3) is 0 Å². The van der Waals surface area contributed by atoms with Crippen molar-refractivity contribution < 1.29 is 9.59 Å². The van der Waals surface area contributed by atoms with E-state index in [1.54, 1.807) is 18.2 Å². The zero-order chi connectivity index (χ0) is 21.5. The van der Waals surface area contributed by atoms with Crippen molar-refractivity contribution in [3.63, 3.8) is 0 Å². The van der Waals surface area contributed by atoms with Crippen LogP contribution in [0.4, 0.5) is 5.69 Å². The lowest BCUT2D eigenvalue weighted by atomic mass is 10.1. The molecular weight excluding hydrogens is 392 g/mol. The number of hydrogen-bond acceptors (Lipinski definition) is 3. The van der Waals surface area contributed by atoms with Crippen molar-refractivity contribution in [1.82, 2.24) is 5.32 Å². The number of thioether (sulfide) groups is 1. The van der Waals surface area contributed by atoms with Gasteiger partial charge in [0.2, 0.25) is 5.91 Å². The summed E-state index contributed by atoms with van der Waals surface area (Å²) in [5.41, 5.74) is 3.16. The summed E-state index contributed by atoms with van der Waals surface area (Å²) in [7, 11) is 0. The van der Waals surface area contributed by atoms with Gasteiger partial charge >= 0.3 is 0 Å². The van der Waals surface area contributed by atoms with Gasteiger partial charge < -0.3 is 10.6 Å². The molecule has 3 aromatic carbocycles. The van der Waals surface area contributed by atoms with Crippen molar-refractivity contribution in [2.45, 2.75) is 37.0 Å². The van der Waals surface area contributed by atoms with E-state index in [4.69, 9.17) is 0 Å². The van der Waals surface area contributed by atoms with Gasteiger partial charge in [0.05, 0.1) is 22.5 Å². The summed E-state index contributed by atoms with van der Waals surface area (Å²) in [6.45, 7) is 5.83. The van der Waals surface area contributed by atoms with Crippen LogP contribution in [-0.4, -0.2) is 17.1 Å². The van der Waals surface area contributed by atoms with Gasteiger partial charge in [0, 0.05) is 4.90 Å². The van der Waals surface area contributed by atoms with E-state index < -0.39 is 0 Å². The first kappa shape index (κ1) is 21.7. The molecule has 0 bridgehead atoms. The van der Waals surface area contributed by atoms with Crippen molar-refractivity contribution >= 4 is 29.3 Å². The average Bonchev–Trinajstić information content (AvgIpc) is 2.76. The number of rotatable bonds is 7. The molecule has 2 atom stereocenters. The van der Waals surface area contributed by atoms with Crippen molar-refractivity contribution in [2.24, 2.45) is 0 Å². The van der Waals surface area contributed by atoms with Crippen LogP contribution in [0.1, 0.15) is 41.4 Å². The van der Waals surface area contributed by atoms with Crippen molar-refractivity contribution in [3.05, 3.63) is 95.6 Å². The Kier molecular flexibility index (Phi) is 7.31. The van der Waals surface area contributed by atoms with Gasteiger partial charge in [-0.25, -0.2) is 0 Å². The fourth-order valence-electron chi connectivity index (χ4n) is 3.00. The molecule has 0 spiro atoms. The largest absolute Gasteiger partial charge is 0.345 e. The topological polar surface area (TPSA) is 58.2 Å².